The summed E-state index contributed by atoms with van der Waals surface area (Å²) >= 11 is 0. The Morgan fingerprint density at radius 2 is 1.23 bits per heavy atom. The average Bonchev–Trinajstić information content (AvgIpc) is 2.72. The third-order valence-electron chi connectivity index (χ3n) is 4.11. The van der Waals surface area contributed by atoms with Crippen LogP contribution in [0.25, 0.3) is 11.4 Å². The van der Waals surface area contributed by atoms with Gasteiger partial charge >= 0.3 is 17.6 Å². The van der Waals surface area contributed by atoms with Crippen LogP contribution in [0.15, 0.2) is 36.7 Å². The lowest BCUT2D eigenvalue weighted by atomic mass is 10.2. The molecule has 0 saturated heterocycles. The van der Waals surface area contributed by atoms with Crippen LogP contribution in [0.4, 0.5) is 0 Å². The van der Waals surface area contributed by atoms with Crippen LogP contribution in [0.1, 0.15) is 0 Å². The Hall–Kier alpha value is -1.51. The van der Waals surface area contributed by atoms with Gasteiger partial charge in [-0.2, -0.15) is 0 Å². The Morgan fingerprint density at radius 1 is 0.654 bits per heavy atom. The Labute approximate surface area is 155 Å². The highest BCUT2D eigenvalue weighted by Gasteiger charge is 2.53. The summed E-state index contributed by atoms with van der Waals surface area (Å²) in [5.41, 5.74) is 1.22. The number of aromatic nitrogens is 2. The van der Waals surface area contributed by atoms with Gasteiger partial charge in [-0.05, 0) is 18.2 Å². The van der Waals surface area contributed by atoms with Crippen LogP contribution in [0.5, 0.6) is 0 Å². The van der Waals surface area contributed by atoms with Crippen molar-refractivity contribution in [1.29, 1.82) is 0 Å². The molecule has 0 unspecified atom stereocenters. The highest BCUT2D eigenvalue weighted by atomic mass is 28.4. The van der Waals surface area contributed by atoms with E-state index in [9.17, 15) is 0 Å². The Bertz CT molecular complexity index is 695. The number of rotatable bonds is 9. The maximum atomic E-state index is 5.74. The van der Waals surface area contributed by atoms with Gasteiger partial charge in [0.15, 0.2) is 0 Å². The van der Waals surface area contributed by atoms with Gasteiger partial charge in [0, 0.05) is 60.2 Å². The van der Waals surface area contributed by atoms with E-state index in [0.29, 0.717) is 21.8 Å². The standard InChI is InChI=1S/C16H24N2O6Si2/c1-19-25(20-2,21-3)14-10-12-18-15(13-9-7-8-11-17-13)16(14)26(22-4,23-5)24-6/h7-12H,1-6H3. The largest absolute Gasteiger partial charge is 0.538 e. The summed E-state index contributed by atoms with van der Waals surface area (Å²) in [6.07, 6.45) is 3.35. The van der Waals surface area contributed by atoms with E-state index in [-0.39, 0.29) is 0 Å². The first-order valence-electron chi connectivity index (χ1n) is 7.80. The van der Waals surface area contributed by atoms with Crippen molar-refractivity contribution in [1.82, 2.24) is 9.97 Å². The van der Waals surface area contributed by atoms with E-state index in [1.807, 2.05) is 18.2 Å². The fourth-order valence-electron chi connectivity index (χ4n) is 2.86. The van der Waals surface area contributed by atoms with Crippen LogP contribution < -0.4 is 10.4 Å². The summed E-state index contributed by atoms with van der Waals surface area (Å²) in [7, 11) is 2.66. The van der Waals surface area contributed by atoms with Gasteiger partial charge in [0.2, 0.25) is 0 Å². The molecule has 0 N–H and O–H groups in total. The summed E-state index contributed by atoms with van der Waals surface area (Å²) in [6.45, 7) is 0. The molecule has 0 atom stereocenters. The molecule has 0 aliphatic rings. The predicted octanol–water partition coefficient (Wildman–Crippen LogP) is 0.314. The van der Waals surface area contributed by atoms with Crippen molar-refractivity contribution in [3.05, 3.63) is 36.7 Å². The van der Waals surface area contributed by atoms with Crippen molar-refractivity contribution in [2.45, 2.75) is 0 Å². The summed E-state index contributed by atoms with van der Waals surface area (Å²) in [5, 5.41) is 1.28. The fourth-order valence-corrected chi connectivity index (χ4v) is 7.65. The molecule has 0 saturated carbocycles. The first kappa shape index (κ1) is 20.8. The summed E-state index contributed by atoms with van der Waals surface area (Å²) in [6, 6.07) is 7.34. The van der Waals surface area contributed by atoms with Gasteiger partial charge in [-0.3, -0.25) is 9.97 Å². The first-order valence-corrected chi connectivity index (χ1v) is 11.2. The normalized spacial score (nSPS) is 12.4. The molecule has 0 bridgehead atoms. The van der Waals surface area contributed by atoms with Gasteiger partial charge in [0.25, 0.3) is 0 Å². The molecular formula is C16H24N2O6Si2. The van der Waals surface area contributed by atoms with E-state index in [4.69, 9.17) is 26.6 Å². The smallest absolute Gasteiger partial charge is 0.373 e. The topological polar surface area (TPSA) is 81.2 Å². The van der Waals surface area contributed by atoms with Gasteiger partial charge < -0.3 is 26.6 Å². The minimum absolute atomic E-state index is 0.573. The molecule has 10 heteroatoms. The molecule has 0 spiro atoms. The van der Waals surface area contributed by atoms with E-state index in [2.05, 4.69) is 9.97 Å². The number of hydrogen-bond acceptors (Lipinski definition) is 8. The lowest BCUT2D eigenvalue weighted by Gasteiger charge is -2.32. The summed E-state index contributed by atoms with van der Waals surface area (Å²) in [5.74, 6) is 0. The molecule has 0 amide bonds. The molecule has 142 valence electrons. The zero-order valence-corrected chi connectivity index (χ0v) is 17.8. The molecule has 0 radical (unpaired) electrons. The maximum Gasteiger partial charge on any atom is 0.538 e. The summed E-state index contributed by atoms with van der Waals surface area (Å²) < 4.78 is 34.3. The molecule has 0 aliphatic heterocycles. The molecule has 2 heterocycles. The van der Waals surface area contributed by atoms with E-state index < -0.39 is 17.6 Å². The van der Waals surface area contributed by atoms with Crippen LogP contribution in [0.2, 0.25) is 0 Å². The van der Waals surface area contributed by atoms with E-state index in [0.717, 1.165) is 0 Å². The van der Waals surface area contributed by atoms with Crippen molar-refractivity contribution in [2.75, 3.05) is 42.7 Å². The quantitative estimate of drug-likeness (QED) is 0.561. The molecule has 2 aromatic heterocycles. The molecule has 2 rings (SSSR count). The Balaban J connectivity index is 2.90. The molecule has 8 nitrogen and oxygen atoms in total. The van der Waals surface area contributed by atoms with Crippen LogP contribution in [0, 0.1) is 0 Å². The van der Waals surface area contributed by atoms with Gasteiger partial charge in [-0.25, -0.2) is 0 Å². The van der Waals surface area contributed by atoms with E-state index in [1.165, 1.54) is 21.3 Å². The van der Waals surface area contributed by atoms with Crippen LogP contribution in [-0.4, -0.2) is 70.2 Å². The number of hydrogen-bond donors (Lipinski definition) is 0. The van der Waals surface area contributed by atoms with Crippen LogP contribution in [0.3, 0.4) is 0 Å². The fraction of sp³-hybridized carbons (Fsp3) is 0.375. The second-order valence-corrected chi connectivity index (χ2v) is 10.8. The Morgan fingerprint density at radius 3 is 1.69 bits per heavy atom. The lowest BCUT2D eigenvalue weighted by molar-refractivity contribution is 0.135. The van der Waals surface area contributed by atoms with Gasteiger partial charge in [0.1, 0.15) is 0 Å². The van der Waals surface area contributed by atoms with Crippen molar-refractivity contribution in [3.63, 3.8) is 0 Å². The predicted molar refractivity (Wildman–Crippen MR) is 100 cm³/mol. The van der Waals surface area contributed by atoms with Crippen molar-refractivity contribution < 1.29 is 26.6 Å². The maximum absolute atomic E-state index is 5.74. The van der Waals surface area contributed by atoms with Crippen molar-refractivity contribution in [3.8, 4) is 11.4 Å². The van der Waals surface area contributed by atoms with Crippen LogP contribution in [-0.2, 0) is 26.6 Å². The monoisotopic (exact) mass is 396 g/mol. The molecular weight excluding hydrogens is 372 g/mol. The van der Waals surface area contributed by atoms with E-state index in [1.54, 1.807) is 39.8 Å². The van der Waals surface area contributed by atoms with E-state index >= 15 is 0 Å². The third kappa shape index (κ3) is 3.50. The minimum atomic E-state index is -3.33. The minimum Gasteiger partial charge on any atom is -0.373 e. The molecule has 0 aliphatic carbocycles. The highest BCUT2D eigenvalue weighted by Crippen LogP contribution is 2.19. The molecule has 0 fully saturated rings. The second kappa shape index (κ2) is 8.93. The highest BCUT2D eigenvalue weighted by molar-refractivity contribution is 6.87. The van der Waals surface area contributed by atoms with Crippen LogP contribution >= 0.6 is 0 Å². The zero-order chi connectivity index (χ0) is 19.2. The summed E-state index contributed by atoms with van der Waals surface area (Å²) in [4.78, 5) is 8.94. The number of nitrogens with zero attached hydrogens (tertiary/aromatic N) is 2. The average molecular weight is 397 g/mol. The molecule has 2 aromatic rings. The number of pyridine rings is 2. The zero-order valence-electron chi connectivity index (χ0n) is 15.8. The molecule has 26 heavy (non-hydrogen) atoms. The molecule has 0 aromatic carbocycles. The van der Waals surface area contributed by atoms with Gasteiger partial charge in [-0.1, -0.05) is 6.07 Å². The van der Waals surface area contributed by atoms with Gasteiger partial charge in [0.05, 0.1) is 16.6 Å². The lowest BCUT2D eigenvalue weighted by Crippen LogP contribution is -2.69. The first-order chi connectivity index (χ1) is 12.6. The van der Waals surface area contributed by atoms with Crippen molar-refractivity contribution in [2.24, 2.45) is 0 Å². The van der Waals surface area contributed by atoms with Gasteiger partial charge in [-0.15, -0.1) is 0 Å². The second-order valence-electron chi connectivity index (χ2n) is 5.13. The Kier molecular flexibility index (Phi) is 7.14. The SMILES string of the molecule is CO[Si](OC)(OC)c1ccnc(-c2ccccn2)c1[Si](OC)(OC)OC. The van der Waals surface area contributed by atoms with Crippen molar-refractivity contribution >= 4 is 28.0 Å². The third-order valence-corrected chi connectivity index (χ3v) is 9.78.